The maximum absolute atomic E-state index is 13.8. The van der Waals surface area contributed by atoms with Crippen LogP contribution in [0.25, 0.3) is 0 Å². The molecule has 1 fully saturated rings. The lowest BCUT2D eigenvalue weighted by Gasteiger charge is -2.27. The summed E-state index contributed by atoms with van der Waals surface area (Å²) in [6.07, 6.45) is 4.35. The van der Waals surface area contributed by atoms with E-state index >= 15 is 0 Å². The maximum Gasteiger partial charge on any atom is 0.165 e. The van der Waals surface area contributed by atoms with Crippen LogP contribution < -0.4 is 10.5 Å². The van der Waals surface area contributed by atoms with E-state index in [1.54, 1.807) is 12.1 Å². The predicted octanol–water partition coefficient (Wildman–Crippen LogP) is 3.07. The third-order valence-corrected chi connectivity index (χ3v) is 3.50. The number of amidine groups is 1. The Bertz CT molecular complexity index is 439. The van der Waals surface area contributed by atoms with Crippen molar-refractivity contribution in [3.8, 4) is 5.75 Å². The minimum Gasteiger partial charge on any atom is -0.487 e. The second-order valence-electron chi connectivity index (χ2n) is 5.06. The molecule has 0 unspecified atom stereocenters. The molecule has 0 atom stereocenters. The zero-order chi connectivity index (χ0) is 13.1. The number of hydrogen-bond acceptors (Lipinski definition) is 2. The topological polar surface area (TPSA) is 59.1 Å². The number of hydrogen-bond donors (Lipinski definition) is 2. The number of ether oxygens (including phenoxy) is 1. The molecule has 0 radical (unpaired) electrons. The van der Waals surface area contributed by atoms with Crippen molar-refractivity contribution >= 4 is 5.84 Å². The molecule has 1 aliphatic carbocycles. The largest absolute Gasteiger partial charge is 0.487 e. The summed E-state index contributed by atoms with van der Waals surface area (Å²) in [7, 11) is 0. The SMILES string of the molecule is CC1CCC(Oc2ccc(C(=N)N)cc2F)CC1. The van der Waals surface area contributed by atoms with Gasteiger partial charge in [0.05, 0.1) is 6.10 Å². The lowest BCUT2D eigenvalue weighted by atomic mass is 9.89. The quantitative estimate of drug-likeness (QED) is 0.639. The van der Waals surface area contributed by atoms with Gasteiger partial charge in [0.15, 0.2) is 11.6 Å². The number of benzene rings is 1. The maximum atomic E-state index is 13.8. The molecule has 3 nitrogen and oxygen atoms in total. The van der Waals surface area contributed by atoms with Crippen LogP contribution in [0.15, 0.2) is 18.2 Å². The van der Waals surface area contributed by atoms with E-state index in [2.05, 4.69) is 6.92 Å². The lowest BCUT2D eigenvalue weighted by molar-refractivity contribution is 0.130. The van der Waals surface area contributed by atoms with E-state index < -0.39 is 5.82 Å². The van der Waals surface area contributed by atoms with Crippen LogP contribution >= 0.6 is 0 Å². The molecule has 1 aliphatic rings. The van der Waals surface area contributed by atoms with Gasteiger partial charge in [0.2, 0.25) is 0 Å². The van der Waals surface area contributed by atoms with Crippen LogP contribution in [0.2, 0.25) is 0 Å². The minimum atomic E-state index is -0.443. The van der Waals surface area contributed by atoms with Gasteiger partial charge in [-0.2, -0.15) is 0 Å². The fourth-order valence-corrected chi connectivity index (χ4v) is 2.29. The number of nitrogens with two attached hydrogens (primary N) is 1. The van der Waals surface area contributed by atoms with E-state index in [1.165, 1.54) is 6.07 Å². The number of nitrogen functional groups attached to an aromatic ring is 1. The second-order valence-corrected chi connectivity index (χ2v) is 5.06. The van der Waals surface area contributed by atoms with E-state index in [4.69, 9.17) is 15.9 Å². The molecule has 1 aromatic carbocycles. The molecular formula is C14H19FN2O. The first kappa shape index (κ1) is 12.9. The van der Waals surface area contributed by atoms with Crippen LogP contribution in [0.1, 0.15) is 38.2 Å². The molecule has 2 rings (SSSR count). The van der Waals surface area contributed by atoms with Gasteiger partial charge in [-0.05, 0) is 49.8 Å². The van der Waals surface area contributed by atoms with E-state index in [1.807, 2.05) is 0 Å². The molecule has 0 spiro atoms. The first-order valence-corrected chi connectivity index (χ1v) is 6.37. The van der Waals surface area contributed by atoms with Gasteiger partial charge in [-0.25, -0.2) is 4.39 Å². The molecule has 0 aromatic heterocycles. The van der Waals surface area contributed by atoms with Crippen molar-refractivity contribution < 1.29 is 9.13 Å². The van der Waals surface area contributed by atoms with Crippen LogP contribution in [0.3, 0.4) is 0 Å². The summed E-state index contributed by atoms with van der Waals surface area (Å²) in [5.41, 5.74) is 5.69. The molecule has 1 aromatic rings. The fraction of sp³-hybridized carbons (Fsp3) is 0.500. The van der Waals surface area contributed by atoms with Gasteiger partial charge in [0.25, 0.3) is 0 Å². The zero-order valence-corrected chi connectivity index (χ0v) is 10.6. The van der Waals surface area contributed by atoms with E-state index in [9.17, 15) is 4.39 Å². The van der Waals surface area contributed by atoms with E-state index in [-0.39, 0.29) is 17.7 Å². The third-order valence-electron chi connectivity index (χ3n) is 3.50. The van der Waals surface area contributed by atoms with E-state index in [0.29, 0.717) is 5.56 Å². The third kappa shape index (κ3) is 3.00. The molecule has 4 heteroatoms. The Morgan fingerprint density at radius 1 is 1.33 bits per heavy atom. The second kappa shape index (κ2) is 5.38. The van der Waals surface area contributed by atoms with Crippen LogP contribution in [-0.2, 0) is 0 Å². The van der Waals surface area contributed by atoms with Gasteiger partial charge in [-0.1, -0.05) is 6.92 Å². The standard InChI is InChI=1S/C14H19FN2O/c1-9-2-5-11(6-3-9)18-13-7-4-10(14(16)17)8-12(13)15/h4,7-9,11H,2-3,5-6H2,1H3,(H3,16,17). The van der Waals surface area contributed by atoms with Gasteiger partial charge < -0.3 is 10.5 Å². The molecule has 0 bridgehead atoms. The van der Waals surface area contributed by atoms with Crippen molar-refractivity contribution in [1.29, 1.82) is 5.41 Å². The molecule has 98 valence electrons. The summed E-state index contributed by atoms with van der Waals surface area (Å²) in [6, 6.07) is 4.43. The Labute approximate surface area is 107 Å². The molecule has 0 saturated heterocycles. The van der Waals surface area contributed by atoms with Crippen molar-refractivity contribution in [1.82, 2.24) is 0 Å². The van der Waals surface area contributed by atoms with Gasteiger partial charge in [-0.15, -0.1) is 0 Å². The van der Waals surface area contributed by atoms with Crippen molar-refractivity contribution in [2.75, 3.05) is 0 Å². The highest BCUT2D eigenvalue weighted by atomic mass is 19.1. The molecule has 18 heavy (non-hydrogen) atoms. The Hall–Kier alpha value is -1.58. The van der Waals surface area contributed by atoms with Crippen molar-refractivity contribution in [2.24, 2.45) is 11.7 Å². The first-order chi connectivity index (χ1) is 8.56. The van der Waals surface area contributed by atoms with Gasteiger partial charge in [0.1, 0.15) is 5.84 Å². The molecule has 3 N–H and O–H groups in total. The van der Waals surface area contributed by atoms with Crippen molar-refractivity contribution in [3.05, 3.63) is 29.6 Å². The Morgan fingerprint density at radius 2 is 2.00 bits per heavy atom. The molecule has 0 amide bonds. The summed E-state index contributed by atoms with van der Waals surface area (Å²) in [6.45, 7) is 2.23. The summed E-state index contributed by atoms with van der Waals surface area (Å²) in [5.74, 6) is 0.433. The summed E-state index contributed by atoms with van der Waals surface area (Å²) in [4.78, 5) is 0. The van der Waals surface area contributed by atoms with Crippen molar-refractivity contribution in [3.63, 3.8) is 0 Å². The Balaban J connectivity index is 2.03. The summed E-state index contributed by atoms with van der Waals surface area (Å²) in [5, 5.41) is 7.25. The van der Waals surface area contributed by atoms with Crippen LogP contribution in [0.5, 0.6) is 5.75 Å². The Kier molecular flexibility index (Phi) is 3.84. The molecule has 0 aliphatic heterocycles. The average molecular weight is 250 g/mol. The van der Waals surface area contributed by atoms with Gasteiger partial charge >= 0.3 is 0 Å². The molecule has 0 heterocycles. The number of rotatable bonds is 3. The Morgan fingerprint density at radius 3 is 2.56 bits per heavy atom. The minimum absolute atomic E-state index is 0.110. The van der Waals surface area contributed by atoms with Crippen LogP contribution in [0, 0.1) is 17.1 Å². The zero-order valence-electron chi connectivity index (χ0n) is 10.6. The summed E-state index contributed by atoms with van der Waals surface area (Å²) < 4.78 is 19.4. The van der Waals surface area contributed by atoms with Crippen molar-refractivity contribution in [2.45, 2.75) is 38.7 Å². The normalized spacial score (nSPS) is 23.7. The average Bonchev–Trinajstić information content (AvgIpc) is 2.34. The lowest BCUT2D eigenvalue weighted by Crippen LogP contribution is -2.23. The highest BCUT2D eigenvalue weighted by Crippen LogP contribution is 2.28. The van der Waals surface area contributed by atoms with E-state index in [0.717, 1.165) is 31.6 Å². The highest BCUT2D eigenvalue weighted by molar-refractivity contribution is 5.95. The van der Waals surface area contributed by atoms with Crippen LogP contribution in [-0.4, -0.2) is 11.9 Å². The number of halogens is 1. The monoisotopic (exact) mass is 250 g/mol. The van der Waals surface area contributed by atoms with Gasteiger partial charge in [-0.3, -0.25) is 5.41 Å². The summed E-state index contributed by atoms with van der Waals surface area (Å²) >= 11 is 0. The van der Waals surface area contributed by atoms with Crippen LogP contribution in [0.4, 0.5) is 4.39 Å². The van der Waals surface area contributed by atoms with Gasteiger partial charge in [0, 0.05) is 5.56 Å². The first-order valence-electron chi connectivity index (χ1n) is 6.37. The smallest absolute Gasteiger partial charge is 0.165 e. The molecule has 1 saturated carbocycles. The predicted molar refractivity (Wildman–Crippen MR) is 69.5 cm³/mol. The highest BCUT2D eigenvalue weighted by Gasteiger charge is 2.20. The fourth-order valence-electron chi connectivity index (χ4n) is 2.29. The molecular weight excluding hydrogens is 231 g/mol. The number of nitrogens with one attached hydrogen (secondary N) is 1.